The number of alkyl halides is 3. The molecule has 2 nitrogen and oxygen atoms in total. The molecule has 15 heavy (non-hydrogen) atoms. The van der Waals surface area contributed by atoms with Gasteiger partial charge < -0.3 is 0 Å². The first kappa shape index (κ1) is 11.8. The van der Waals surface area contributed by atoms with Crippen molar-refractivity contribution >= 4 is 8.07 Å². The molecule has 0 aliphatic carbocycles. The van der Waals surface area contributed by atoms with Crippen molar-refractivity contribution in [2.75, 3.05) is 0 Å². The average molecular weight is 232 g/mol. The quantitative estimate of drug-likeness (QED) is 0.496. The van der Waals surface area contributed by atoms with Crippen LogP contribution in [-0.4, -0.2) is 17.9 Å². The molecule has 6 heteroatoms. The SMILES string of the molecule is C[Si](C)(C)C#Cc1ccnn1C(F)(F)F. The predicted octanol–water partition coefficient (Wildman–Crippen LogP) is 2.59. The van der Waals surface area contributed by atoms with Crippen molar-refractivity contribution in [1.29, 1.82) is 0 Å². The van der Waals surface area contributed by atoms with Gasteiger partial charge in [-0.15, -0.1) is 18.7 Å². The number of hydrogen-bond acceptors (Lipinski definition) is 1. The van der Waals surface area contributed by atoms with E-state index in [-0.39, 0.29) is 10.4 Å². The Balaban J connectivity index is 3.06. The van der Waals surface area contributed by atoms with Crippen LogP contribution in [0.1, 0.15) is 5.69 Å². The van der Waals surface area contributed by atoms with Crippen LogP contribution in [0.4, 0.5) is 13.2 Å². The lowest BCUT2D eigenvalue weighted by Gasteiger charge is -2.07. The number of halogens is 3. The third-order valence-corrected chi connectivity index (χ3v) is 2.32. The van der Waals surface area contributed by atoms with Crippen LogP contribution in [0.25, 0.3) is 0 Å². The van der Waals surface area contributed by atoms with Gasteiger partial charge in [0.15, 0.2) is 0 Å². The molecule has 0 aliphatic heterocycles. The lowest BCUT2D eigenvalue weighted by atomic mass is 10.4. The van der Waals surface area contributed by atoms with Crippen molar-refractivity contribution in [1.82, 2.24) is 9.78 Å². The zero-order valence-electron chi connectivity index (χ0n) is 8.68. The van der Waals surface area contributed by atoms with Gasteiger partial charge in [-0.1, -0.05) is 25.6 Å². The van der Waals surface area contributed by atoms with Crippen molar-refractivity contribution in [2.24, 2.45) is 0 Å². The summed E-state index contributed by atoms with van der Waals surface area (Å²) in [7, 11) is -1.66. The lowest BCUT2D eigenvalue weighted by molar-refractivity contribution is -0.212. The van der Waals surface area contributed by atoms with Gasteiger partial charge in [0.05, 0.1) is 6.20 Å². The number of nitrogens with zero attached hydrogens (tertiary/aromatic N) is 2. The molecule has 0 saturated carbocycles. The summed E-state index contributed by atoms with van der Waals surface area (Å²) in [4.78, 5) is 0. The van der Waals surface area contributed by atoms with Crippen LogP contribution in [0.3, 0.4) is 0 Å². The van der Waals surface area contributed by atoms with Gasteiger partial charge in [-0.3, -0.25) is 0 Å². The Bertz CT molecular complexity index is 403. The fourth-order valence-electron chi connectivity index (χ4n) is 0.852. The second kappa shape index (κ2) is 3.74. The molecule has 0 bridgehead atoms. The van der Waals surface area contributed by atoms with Crippen molar-refractivity contribution in [3.63, 3.8) is 0 Å². The Morgan fingerprint density at radius 3 is 2.40 bits per heavy atom. The highest BCUT2D eigenvalue weighted by molar-refractivity contribution is 6.83. The average Bonchev–Trinajstić information content (AvgIpc) is 2.45. The summed E-state index contributed by atoms with van der Waals surface area (Å²) in [5.41, 5.74) is 2.76. The molecular formula is C9H11F3N2Si. The Morgan fingerprint density at radius 2 is 1.93 bits per heavy atom. The lowest BCUT2D eigenvalue weighted by Crippen LogP contribution is -2.20. The molecule has 0 atom stereocenters. The van der Waals surface area contributed by atoms with Crippen LogP contribution in [0, 0.1) is 11.5 Å². The van der Waals surface area contributed by atoms with E-state index in [9.17, 15) is 13.2 Å². The second-order valence-electron chi connectivity index (χ2n) is 4.10. The standard InChI is InChI=1S/C9H11F3N2Si/c1-15(2,3)7-5-8-4-6-13-14(8)9(10,11)12/h4,6H,1-3H3. The number of aromatic nitrogens is 2. The molecule has 82 valence electrons. The molecule has 0 fully saturated rings. The van der Waals surface area contributed by atoms with Crippen LogP contribution >= 0.6 is 0 Å². The monoisotopic (exact) mass is 232 g/mol. The zero-order chi connectivity index (χ0) is 11.7. The molecule has 0 aromatic carbocycles. The van der Waals surface area contributed by atoms with E-state index in [1.165, 1.54) is 6.07 Å². The molecule has 0 spiro atoms. The first-order valence-corrected chi connectivity index (χ1v) is 7.84. The maximum atomic E-state index is 12.3. The highest BCUT2D eigenvalue weighted by atomic mass is 28.3. The van der Waals surface area contributed by atoms with Gasteiger partial charge in [-0.25, -0.2) is 0 Å². The maximum Gasteiger partial charge on any atom is 0.505 e. The maximum absolute atomic E-state index is 12.3. The van der Waals surface area contributed by atoms with Crippen LogP contribution in [0.2, 0.25) is 19.6 Å². The van der Waals surface area contributed by atoms with E-state index in [0.29, 0.717) is 0 Å². The summed E-state index contributed by atoms with van der Waals surface area (Å²) >= 11 is 0. The minimum atomic E-state index is -4.49. The van der Waals surface area contributed by atoms with Crippen LogP contribution in [-0.2, 0) is 6.30 Å². The van der Waals surface area contributed by atoms with Crippen LogP contribution in [0.5, 0.6) is 0 Å². The molecular weight excluding hydrogens is 221 g/mol. The molecule has 1 heterocycles. The third kappa shape index (κ3) is 3.44. The van der Waals surface area contributed by atoms with Crippen molar-refractivity contribution in [3.8, 4) is 11.5 Å². The van der Waals surface area contributed by atoms with E-state index in [1.807, 2.05) is 19.6 Å². The Hall–Kier alpha value is -1.22. The molecule has 1 aromatic heterocycles. The molecule has 1 aromatic rings. The van der Waals surface area contributed by atoms with E-state index < -0.39 is 14.4 Å². The van der Waals surface area contributed by atoms with Crippen molar-refractivity contribution in [2.45, 2.75) is 25.9 Å². The summed E-state index contributed by atoms with van der Waals surface area (Å²) in [6.45, 7) is 5.90. The second-order valence-corrected chi connectivity index (χ2v) is 8.85. The van der Waals surface area contributed by atoms with E-state index in [0.717, 1.165) is 6.20 Å². The van der Waals surface area contributed by atoms with E-state index >= 15 is 0 Å². The third-order valence-electron chi connectivity index (χ3n) is 1.45. The van der Waals surface area contributed by atoms with Crippen LogP contribution < -0.4 is 0 Å². The molecule has 0 unspecified atom stereocenters. The van der Waals surface area contributed by atoms with E-state index in [1.54, 1.807) is 0 Å². The molecule has 0 aliphatic rings. The fraction of sp³-hybridized carbons (Fsp3) is 0.444. The van der Waals surface area contributed by atoms with Gasteiger partial charge in [0, 0.05) is 0 Å². The van der Waals surface area contributed by atoms with Gasteiger partial charge in [0.2, 0.25) is 0 Å². The Labute approximate surface area is 87.1 Å². The minimum absolute atomic E-state index is 0.0137. The summed E-state index contributed by atoms with van der Waals surface area (Å²) in [5.74, 6) is 2.53. The Kier molecular flexibility index (Phi) is 2.95. The van der Waals surface area contributed by atoms with Gasteiger partial charge in [-0.05, 0) is 6.07 Å². The largest absolute Gasteiger partial charge is 0.505 e. The van der Waals surface area contributed by atoms with Gasteiger partial charge in [0.1, 0.15) is 13.8 Å². The Morgan fingerprint density at radius 1 is 1.33 bits per heavy atom. The van der Waals surface area contributed by atoms with E-state index in [2.05, 4.69) is 16.6 Å². The predicted molar refractivity (Wildman–Crippen MR) is 53.7 cm³/mol. The van der Waals surface area contributed by atoms with Gasteiger partial charge >= 0.3 is 6.30 Å². The minimum Gasteiger partial charge on any atom is -0.173 e. The fourth-order valence-corrected chi connectivity index (χ4v) is 1.35. The molecule has 0 N–H and O–H groups in total. The number of hydrogen-bond donors (Lipinski definition) is 0. The zero-order valence-corrected chi connectivity index (χ0v) is 9.68. The smallest absolute Gasteiger partial charge is 0.173 e. The number of rotatable bonds is 0. The highest BCUT2D eigenvalue weighted by Crippen LogP contribution is 2.22. The summed E-state index contributed by atoms with van der Waals surface area (Å²) in [6.07, 6.45) is -3.39. The van der Waals surface area contributed by atoms with Gasteiger partial charge in [-0.2, -0.15) is 9.78 Å². The first-order valence-electron chi connectivity index (χ1n) is 4.34. The molecule has 0 radical (unpaired) electrons. The molecule has 0 amide bonds. The van der Waals surface area contributed by atoms with Gasteiger partial charge in [0.25, 0.3) is 0 Å². The molecule has 0 saturated heterocycles. The first-order chi connectivity index (χ1) is 6.70. The van der Waals surface area contributed by atoms with Crippen molar-refractivity contribution < 1.29 is 13.2 Å². The van der Waals surface area contributed by atoms with Crippen molar-refractivity contribution in [3.05, 3.63) is 18.0 Å². The summed E-state index contributed by atoms with van der Waals surface area (Å²) in [5, 5.41) is 3.19. The van der Waals surface area contributed by atoms with E-state index in [4.69, 9.17) is 0 Å². The molecule has 1 rings (SSSR count). The summed E-state index contributed by atoms with van der Waals surface area (Å²) < 4.78 is 37.0. The van der Waals surface area contributed by atoms with Crippen LogP contribution in [0.15, 0.2) is 12.3 Å². The topological polar surface area (TPSA) is 17.8 Å². The normalized spacial score (nSPS) is 12.1. The summed E-state index contributed by atoms with van der Waals surface area (Å²) in [6, 6.07) is 1.26. The highest BCUT2D eigenvalue weighted by Gasteiger charge is 2.33.